The molecule has 1 saturated carbocycles. The number of amides is 2. The van der Waals surface area contributed by atoms with Crippen LogP contribution in [0.4, 0.5) is 0 Å². The summed E-state index contributed by atoms with van der Waals surface area (Å²) in [6, 6.07) is 4.11. The van der Waals surface area contributed by atoms with Crippen molar-refractivity contribution in [3.63, 3.8) is 0 Å². The van der Waals surface area contributed by atoms with Crippen molar-refractivity contribution in [3.8, 4) is 0 Å². The number of piperidine rings is 1. The molecule has 6 nitrogen and oxygen atoms in total. The Balaban J connectivity index is 1.25. The summed E-state index contributed by atoms with van der Waals surface area (Å²) in [5.41, 5.74) is 1.23. The topological polar surface area (TPSA) is 71.5 Å². The van der Waals surface area contributed by atoms with E-state index in [1.54, 1.807) is 12.4 Å². The second-order valence-electron chi connectivity index (χ2n) is 8.55. The van der Waals surface area contributed by atoms with Crippen LogP contribution in [0.25, 0.3) is 0 Å². The molecule has 2 atom stereocenters. The van der Waals surface area contributed by atoms with Gasteiger partial charge in [0.1, 0.15) is 0 Å². The predicted molar refractivity (Wildman–Crippen MR) is 105 cm³/mol. The molecular weight excluding hydrogens is 354 g/mol. The number of rotatable bonds is 5. The molecule has 152 valence electrons. The van der Waals surface area contributed by atoms with Crippen molar-refractivity contribution in [2.75, 3.05) is 26.3 Å². The fraction of sp³-hybridized carbons (Fsp3) is 0.682. The van der Waals surface area contributed by atoms with Gasteiger partial charge in [-0.05, 0) is 49.8 Å². The second-order valence-corrected chi connectivity index (χ2v) is 8.55. The van der Waals surface area contributed by atoms with Crippen LogP contribution < -0.4 is 5.32 Å². The van der Waals surface area contributed by atoms with Gasteiger partial charge >= 0.3 is 0 Å². The third kappa shape index (κ3) is 4.54. The maximum Gasteiger partial charge on any atom is 0.225 e. The third-order valence-electron chi connectivity index (χ3n) is 6.66. The van der Waals surface area contributed by atoms with Crippen molar-refractivity contribution in [1.82, 2.24) is 15.2 Å². The quantitative estimate of drug-likeness (QED) is 0.843. The average molecular weight is 386 g/mol. The summed E-state index contributed by atoms with van der Waals surface area (Å²) in [5, 5.41) is 3.24. The molecule has 2 aliphatic heterocycles. The van der Waals surface area contributed by atoms with Crippen molar-refractivity contribution in [2.24, 2.45) is 17.8 Å². The fourth-order valence-corrected chi connectivity index (χ4v) is 4.87. The standard InChI is InChI=1S/C22H31N3O3/c26-21(17-7-11-25(12-8-17)22(27)18-3-1-2-4-18)24-20-15-28-14-19(20)13-16-5-9-23-10-6-16/h5-6,9-10,17-20H,1-4,7-8,11-15H2,(H,24,26). The largest absolute Gasteiger partial charge is 0.379 e. The van der Waals surface area contributed by atoms with E-state index in [9.17, 15) is 9.59 Å². The minimum Gasteiger partial charge on any atom is -0.379 e. The Bertz CT molecular complexity index is 667. The number of ether oxygens (including phenoxy) is 1. The van der Waals surface area contributed by atoms with Gasteiger partial charge in [-0.2, -0.15) is 0 Å². The Morgan fingerprint density at radius 1 is 1.04 bits per heavy atom. The first kappa shape index (κ1) is 19.4. The Labute approximate surface area is 167 Å². The van der Waals surface area contributed by atoms with Gasteiger partial charge < -0.3 is 15.0 Å². The highest BCUT2D eigenvalue weighted by Gasteiger charge is 2.35. The molecule has 4 rings (SSSR count). The number of hydrogen-bond donors (Lipinski definition) is 1. The lowest BCUT2D eigenvalue weighted by Crippen LogP contribution is -2.48. The van der Waals surface area contributed by atoms with E-state index in [2.05, 4.69) is 10.3 Å². The number of nitrogens with one attached hydrogen (secondary N) is 1. The van der Waals surface area contributed by atoms with Crippen LogP contribution in [0.3, 0.4) is 0 Å². The van der Waals surface area contributed by atoms with Crippen LogP contribution in [0, 0.1) is 17.8 Å². The number of nitrogens with zero attached hydrogens (tertiary/aromatic N) is 2. The van der Waals surface area contributed by atoms with Crippen LogP contribution in [0.5, 0.6) is 0 Å². The third-order valence-corrected chi connectivity index (χ3v) is 6.66. The first-order valence-corrected chi connectivity index (χ1v) is 10.8. The number of carbonyl (C=O) groups is 2. The molecule has 2 saturated heterocycles. The molecule has 3 fully saturated rings. The molecule has 2 unspecified atom stereocenters. The molecule has 0 spiro atoms. The fourth-order valence-electron chi connectivity index (χ4n) is 4.87. The van der Waals surface area contributed by atoms with Crippen molar-refractivity contribution < 1.29 is 14.3 Å². The van der Waals surface area contributed by atoms with E-state index in [1.165, 1.54) is 18.4 Å². The van der Waals surface area contributed by atoms with Crippen LogP contribution >= 0.6 is 0 Å². The van der Waals surface area contributed by atoms with Gasteiger partial charge in [-0.1, -0.05) is 12.8 Å². The highest BCUT2D eigenvalue weighted by atomic mass is 16.5. The van der Waals surface area contributed by atoms with Gasteiger partial charge in [0.2, 0.25) is 11.8 Å². The van der Waals surface area contributed by atoms with Crippen LogP contribution in [-0.2, 0) is 20.7 Å². The molecular formula is C22H31N3O3. The van der Waals surface area contributed by atoms with E-state index < -0.39 is 0 Å². The summed E-state index contributed by atoms with van der Waals surface area (Å²) in [6.45, 7) is 2.70. The zero-order valence-corrected chi connectivity index (χ0v) is 16.5. The summed E-state index contributed by atoms with van der Waals surface area (Å²) in [7, 11) is 0. The summed E-state index contributed by atoms with van der Waals surface area (Å²) < 4.78 is 5.65. The maximum atomic E-state index is 12.8. The highest BCUT2D eigenvalue weighted by Crippen LogP contribution is 2.29. The first-order valence-electron chi connectivity index (χ1n) is 10.8. The Kier molecular flexibility index (Phi) is 6.25. The zero-order valence-electron chi connectivity index (χ0n) is 16.5. The molecule has 0 radical (unpaired) electrons. The molecule has 0 aromatic carbocycles. The normalized spacial score (nSPS) is 26.5. The summed E-state index contributed by atoms with van der Waals surface area (Å²) >= 11 is 0. The molecule has 1 aliphatic carbocycles. The Morgan fingerprint density at radius 2 is 1.75 bits per heavy atom. The number of likely N-dealkylation sites (tertiary alicyclic amines) is 1. The van der Waals surface area contributed by atoms with E-state index in [0.29, 0.717) is 25.0 Å². The van der Waals surface area contributed by atoms with Gasteiger partial charge in [0.05, 0.1) is 19.3 Å². The van der Waals surface area contributed by atoms with Gasteiger partial charge in [-0.25, -0.2) is 0 Å². The average Bonchev–Trinajstić information content (AvgIpc) is 3.41. The predicted octanol–water partition coefficient (Wildman–Crippen LogP) is 2.18. The molecule has 0 bridgehead atoms. The van der Waals surface area contributed by atoms with Crippen LogP contribution in [0.1, 0.15) is 44.1 Å². The zero-order chi connectivity index (χ0) is 19.3. The SMILES string of the molecule is O=C(NC1COCC1Cc1ccncc1)C1CCN(C(=O)C2CCCC2)CC1. The molecule has 1 aromatic heterocycles. The number of carbonyl (C=O) groups excluding carboxylic acids is 2. The Hall–Kier alpha value is -1.95. The van der Waals surface area contributed by atoms with Crippen molar-refractivity contribution in [1.29, 1.82) is 0 Å². The molecule has 6 heteroatoms. The highest BCUT2D eigenvalue weighted by molar-refractivity contribution is 5.81. The van der Waals surface area contributed by atoms with E-state index >= 15 is 0 Å². The number of pyridine rings is 1. The summed E-state index contributed by atoms with van der Waals surface area (Å²) in [5.74, 6) is 0.987. The maximum absolute atomic E-state index is 12.8. The second kappa shape index (κ2) is 9.03. The monoisotopic (exact) mass is 385 g/mol. The van der Waals surface area contributed by atoms with Crippen molar-refractivity contribution in [2.45, 2.75) is 51.0 Å². The molecule has 1 N–H and O–H groups in total. The smallest absolute Gasteiger partial charge is 0.225 e. The van der Waals surface area contributed by atoms with E-state index in [0.717, 1.165) is 45.2 Å². The summed E-state index contributed by atoms with van der Waals surface area (Å²) in [4.78, 5) is 31.4. The van der Waals surface area contributed by atoms with E-state index in [-0.39, 0.29) is 23.8 Å². The minimum absolute atomic E-state index is 0.00908. The molecule has 3 aliphatic rings. The lowest BCUT2D eigenvalue weighted by atomic mass is 9.92. The van der Waals surface area contributed by atoms with Gasteiger partial charge in [-0.15, -0.1) is 0 Å². The van der Waals surface area contributed by atoms with Gasteiger partial charge in [-0.3, -0.25) is 14.6 Å². The number of hydrogen-bond acceptors (Lipinski definition) is 4. The number of aromatic nitrogens is 1. The minimum atomic E-state index is 0.00908. The van der Waals surface area contributed by atoms with Crippen molar-refractivity contribution in [3.05, 3.63) is 30.1 Å². The molecule has 3 heterocycles. The Morgan fingerprint density at radius 3 is 2.46 bits per heavy atom. The van der Waals surface area contributed by atoms with E-state index in [4.69, 9.17) is 4.74 Å². The van der Waals surface area contributed by atoms with Crippen LogP contribution in [0.15, 0.2) is 24.5 Å². The first-order chi connectivity index (χ1) is 13.7. The molecule has 28 heavy (non-hydrogen) atoms. The van der Waals surface area contributed by atoms with Crippen molar-refractivity contribution >= 4 is 11.8 Å². The van der Waals surface area contributed by atoms with Gasteiger partial charge in [0.25, 0.3) is 0 Å². The summed E-state index contributed by atoms with van der Waals surface area (Å²) in [6.07, 6.45) is 10.5. The molecule has 1 aromatic rings. The lowest BCUT2D eigenvalue weighted by Gasteiger charge is -2.33. The lowest BCUT2D eigenvalue weighted by molar-refractivity contribution is -0.139. The van der Waals surface area contributed by atoms with E-state index in [1.807, 2.05) is 17.0 Å². The van der Waals surface area contributed by atoms with Gasteiger partial charge in [0, 0.05) is 43.2 Å². The van der Waals surface area contributed by atoms with Gasteiger partial charge in [0.15, 0.2) is 0 Å². The molecule has 2 amide bonds. The van der Waals surface area contributed by atoms with Crippen LogP contribution in [0.2, 0.25) is 0 Å². The van der Waals surface area contributed by atoms with Crippen LogP contribution in [-0.4, -0.2) is 54.0 Å².